The molecule has 2 nitrogen and oxygen atoms in total. The third-order valence-corrected chi connectivity index (χ3v) is 2.84. The Balaban J connectivity index is 2.48. The molecule has 0 bridgehead atoms. The fraction of sp³-hybridized carbons (Fsp3) is 0.900. The number of Topliss-reactive ketones (excluding diaryl/α,β-unsaturated/α-hetero) is 1. The van der Waals surface area contributed by atoms with Crippen LogP contribution in [0, 0.1) is 5.92 Å². The second-order valence-electron chi connectivity index (χ2n) is 3.91. The van der Waals surface area contributed by atoms with Crippen molar-refractivity contribution >= 4 is 5.78 Å². The first kappa shape index (κ1) is 9.72. The largest absolute Gasteiger partial charge is 0.299 e. The Labute approximate surface area is 74.9 Å². The van der Waals surface area contributed by atoms with Crippen LogP contribution in [-0.4, -0.2) is 29.8 Å². The first-order chi connectivity index (χ1) is 5.65. The molecule has 2 heteroatoms. The molecule has 0 aromatic heterocycles. The van der Waals surface area contributed by atoms with Crippen LogP contribution < -0.4 is 0 Å². The summed E-state index contributed by atoms with van der Waals surface area (Å²) in [7, 11) is 0. The van der Waals surface area contributed by atoms with Crippen molar-refractivity contribution in [2.75, 3.05) is 13.1 Å². The first-order valence-electron chi connectivity index (χ1n) is 4.88. The predicted molar refractivity (Wildman–Crippen MR) is 50.1 cm³/mol. The van der Waals surface area contributed by atoms with Gasteiger partial charge in [-0.15, -0.1) is 0 Å². The summed E-state index contributed by atoms with van der Waals surface area (Å²) in [6.45, 7) is 7.94. The van der Waals surface area contributed by atoms with E-state index in [4.69, 9.17) is 0 Å². The van der Waals surface area contributed by atoms with E-state index in [0.29, 0.717) is 18.4 Å². The van der Waals surface area contributed by atoms with Gasteiger partial charge >= 0.3 is 0 Å². The number of hydrogen-bond acceptors (Lipinski definition) is 2. The molecule has 1 aliphatic rings. The van der Waals surface area contributed by atoms with E-state index in [1.165, 1.54) is 12.8 Å². The fourth-order valence-electron chi connectivity index (χ4n) is 2.23. The number of carbonyl (C=O) groups excluding carboxylic acids is 1. The van der Waals surface area contributed by atoms with Gasteiger partial charge in [-0.3, -0.25) is 9.69 Å². The molecule has 70 valence electrons. The molecule has 12 heavy (non-hydrogen) atoms. The maximum atomic E-state index is 10.9. The maximum absolute atomic E-state index is 10.9. The molecule has 2 atom stereocenters. The number of carbonyl (C=O) groups is 1. The summed E-state index contributed by atoms with van der Waals surface area (Å²) in [5.41, 5.74) is 0. The van der Waals surface area contributed by atoms with Gasteiger partial charge in [-0.2, -0.15) is 0 Å². The minimum Gasteiger partial charge on any atom is -0.299 e. The van der Waals surface area contributed by atoms with Gasteiger partial charge in [-0.05, 0) is 32.2 Å². The minimum atomic E-state index is 0.294. The van der Waals surface area contributed by atoms with Crippen molar-refractivity contribution < 1.29 is 4.79 Å². The normalized spacial score (nSPS) is 30.9. The van der Waals surface area contributed by atoms with Crippen LogP contribution in [0.1, 0.15) is 33.6 Å². The average molecular weight is 169 g/mol. The first-order valence-corrected chi connectivity index (χ1v) is 4.88. The molecule has 1 fully saturated rings. The molecular formula is C10H19NO. The monoisotopic (exact) mass is 169 g/mol. The van der Waals surface area contributed by atoms with Crippen LogP contribution in [0.4, 0.5) is 0 Å². The Morgan fingerprint density at radius 1 is 1.58 bits per heavy atom. The highest BCUT2D eigenvalue weighted by Crippen LogP contribution is 2.25. The summed E-state index contributed by atoms with van der Waals surface area (Å²) in [5, 5.41) is 0. The molecule has 1 heterocycles. The van der Waals surface area contributed by atoms with Crippen molar-refractivity contribution in [3.8, 4) is 0 Å². The quantitative estimate of drug-likeness (QED) is 0.641. The van der Waals surface area contributed by atoms with Crippen LogP contribution in [0.3, 0.4) is 0 Å². The van der Waals surface area contributed by atoms with Gasteiger partial charge in [0, 0.05) is 6.04 Å². The number of rotatable bonds is 3. The van der Waals surface area contributed by atoms with Gasteiger partial charge < -0.3 is 0 Å². The van der Waals surface area contributed by atoms with Crippen LogP contribution >= 0.6 is 0 Å². The van der Waals surface area contributed by atoms with Gasteiger partial charge in [-0.25, -0.2) is 0 Å². The second-order valence-corrected chi connectivity index (χ2v) is 3.91. The van der Waals surface area contributed by atoms with Crippen molar-refractivity contribution in [1.82, 2.24) is 4.90 Å². The van der Waals surface area contributed by atoms with E-state index in [0.717, 1.165) is 12.5 Å². The zero-order valence-corrected chi connectivity index (χ0v) is 8.34. The molecular weight excluding hydrogens is 150 g/mol. The summed E-state index contributed by atoms with van der Waals surface area (Å²) in [6.07, 6.45) is 2.43. The molecule has 0 aromatic carbocycles. The summed E-state index contributed by atoms with van der Waals surface area (Å²) < 4.78 is 0. The van der Waals surface area contributed by atoms with Gasteiger partial charge in [-0.1, -0.05) is 13.8 Å². The van der Waals surface area contributed by atoms with Crippen LogP contribution in [-0.2, 0) is 4.79 Å². The summed E-state index contributed by atoms with van der Waals surface area (Å²) in [6, 6.07) is 0.647. The molecule has 0 saturated carbocycles. The minimum absolute atomic E-state index is 0.294. The highest BCUT2D eigenvalue weighted by atomic mass is 16.1. The smallest absolute Gasteiger partial charge is 0.143 e. The molecule has 0 spiro atoms. The Bertz CT molecular complexity index is 167. The molecule has 0 aromatic rings. The van der Waals surface area contributed by atoms with Crippen LogP contribution in [0.15, 0.2) is 0 Å². The highest BCUT2D eigenvalue weighted by Gasteiger charge is 2.29. The molecule has 0 radical (unpaired) electrons. The topological polar surface area (TPSA) is 20.3 Å². The van der Waals surface area contributed by atoms with Crippen molar-refractivity contribution in [3.63, 3.8) is 0 Å². The van der Waals surface area contributed by atoms with Gasteiger partial charge in [0.1, 0.15) is 5.78 Å². The SMILES string of the molecule is CCC1C(C)CCN1CC(C)=O. The van der Waals surface area contributed by atoms with Gasteiger partial charge in [0.05, 0.1) is 6.54 Å². The lowest BCUT2D eigenvalue weighted by Crippen LogP contribution is -2.35. The molecule has 0 N–H and O–H groups in total. The highest BCUT2D eigenvalue weighted by molar-refractivity contribution is 5.77. The van der Waals surface area contributed by atoms with Crippen molar-refractivity contribution in [2.45, 2.75) is 39.7 Å². The van der Waals surface area contributed by atoms with E-state index < -0.39 is 0 Å². The lowest BCUT2D eigenvalue weighted by molar-refractivity contribution is -0.118. The molecule has 1 saturated heterocycles. The summed E-state index contributed by atoms with van der Waals surface area (Å²) in [5.74, 6) is 1.07. The Hall–Kier alpha value is -0.370. The number of hydrogen-bond donors (Lipinski definition) is 0. The molecule has 1 aliphatic heterocycles. The van der Waals surface area contributed by atoms with E-state index in [-0.39, 0.29) is 0 Å². The third-order valence-electron chi connectivity index (χ3n) is 2.84. The fourth-order valence-corrected chi connectivity index (χ4v) is 2.23. The van der Waals surface area contributed by atoms with Gasteiger partial charge in [0.2, 0.25) is 0 Å². The zero-order chi connectivity index (χ0) is 9.14. The van der Waals surface area contributed by atoms with E-state index in [1.54, 1.807) is 6.92 Å². The van der Waals surface area contributed by atoms with Gasteiger partial charge in [0.25, 0.3) is 0 Å². The van der Waals surface area contributed by atoms with Gasteiger partial charge in [0.15, 0.2) is 0 Å². The van der Waals surface area contributed by atoms with Crippen LogP contribution in [0.5, 0.6) is 0 Å². The Kier molecular flexibility index (Phi) is 3.27. The molecule has 0 aliphatic carbocycles. The standard InChI is InChI=1S/C10H19NO/c1-4-10-8(2)5-6-11(10)7-9(3)12/h8,10H,4-7H2,1-3H3. The average Bonchev–Trinajstić information content (AvgIpc) is 2.30. The lowest BCUT2D eigenvalue weighted by Gasteiger charge is -2.24. The lowest BCUT2D eigenvalue weighted by atomic mass is 10.0. The van der Waals surface area contributed by atoms with Crippen molar-refractivity contribution in [3.05, 3.63) is 0 Å². The second kappa shape index (κ2) is 4.04. The molecule has 1 rings (SSSR count). The van der Waals surface area contributed by atoms with Crippen molar-refractivity contribution in [1.29, 1.82) is 0 Å². The van der Waals surface area contributed by atoms with Crippen molar-refractivity contribution in [2.24, 2.45) is 5.92 Å². The Morgan fingerprint density at radius 3 is 2.75 bits per heavy atom. The molecule has 2 unspecified atom stereocenters. The predicted octanol–water partition coefficient (Wildman–Crippen LogP) is 1.70. The number of likely N-dealkylation sites (tertiary alicyclic amines) is 1. The number of ketones is 1. The number of nitrogens with zero attached hydrogens (tertiary/aromatic N) is 1. The van der Waals surface area contributed by atoms with E-state index >= 15 is 0 Å². The van der Waals surface area contributed by atoms with Crippen LogP contribution in [0.2, 0.25) is 0 Å². The van der Waals surface area contributed by atoms with E-state index in [1.807, 2.05) is 0 Å². The third kappa shape index (κ3) is 2.07. The summed E-state index contributed by atoms with van der Waals surface area (Å²) >= 11 is 0. The molecule has 0 amide bonds. The van der Waals surface area contributed by atoms with Crippen LogP contribution in [0.25, 0.3) is 0 Å². The zero-order valence-electron chi connectivity index (χ0n) is 8.34. The van der Waals surface area contributed by atoms with E-state index in [9.17, 15) is 4.79 Å². The maximum Gasteiger partial charge on any atom is 0.143 e. The summed E-state index contributed by atoms with van der Waals surface area (Å²) in [4.78, 5) is 13.3. The Morgan fingerprint density at radius 2 is 2.25 bits per heavy atom. The van der Waals surface area contributed by atoms with E-state index in [2.05, 4.69) is 18.7 Å².